The van der Waals surface area contributed by atoms with Crippen LogP contribution in [-0.4, -0.2) is 9.97 Å². The van der Waals surface area contributed by atoms with Crippen LogP contribution in [-0.2, 0) is 0 Å². The number of fused-ring (bicyclic) bond motifs is 1. The Balaban J connectivity index is 3.06. The molecule has 2 aromatic heterocycles. The van der Waals surface area contributed by atoms with Crippen LogP contribution in [0.15, 0.2) is 23.3 Å². The lowest BCUT2D eigenvalue weighted by Crippen LogP contribution is -1.98. The van der Waals surface area contributed by atoms with Crippen molar-refractivity contribution in [3.63, 3.8) is 0 Å². The second-order valence-corrected chi connectivity index (χ2v) is 2.64. The zero-order chi connectivity index (χ0) is 7.84. The van der Waals surface area contributed by atoms with Gasteiger partial charge in [-0.15, -0.1) is 0 Å². The van der Waals surface area contributed by atoms with E-state index in [0.717, 1.165) is 0 Å². The third kappa shape index (κ3) is 0.851. The molecule has 0 aliphatic carbocycles. The molecule has 3 nitrogen and oxygen atoms in total. The minimum absolute atomic E-state index is 0.0503. The van der Waals surface area contributed by atoms with E-state index in [1.165, 1.54) is 6.07 Å². The fourth-order valence-corrected chi connectivity index (χ4v) is 1.22. The van der Waals surface area contributed by atoms with Crippen molar-refractivity contribution in [3.8, 4) is 0 Å². The van der Waals surface area contributed by atoms with Crippen LogP contribution in [0.4, 0.5) is 0 Å². The van der Waals surface area contributed by atoms with E-state index in [4.69, 9.17) is 11.6 Å². The van der Waals surface area contributed by atoms with E-state index in [1.807, 2.05) is 0 Å². The van der Waals surface area contributed by atoms with Gasteiger partial charge in [-0.3, -0.25) is 4.79 Å². The molecule has 0 spiro atoms. The molecule has 0 aromatic carbocycles. The number of pyridine rings is 1. The summed E-state index contributed by atoms with van der Waals surface area (Å²) in [5.41, 5.74) is 1.14. The molecule has 0 unspecified atom stereocenters. The van der Waals surface area contributed by atoms with Crippen molar-refractivity contribution in [1.29, 1.82) is 0 Å². The Bertz CT molecular complexity index is 443. The summed E-state index contributed by atoms with van der Waals surface area (Å²) in [4.78, 5) is 16.7. The van der Waals surface area contributed by atoms with Crippen molar-refractivity contribution in [3.05, 3.63) is 33.7 Å². The number of halogens is 1. The number of hydrogen-bond acceptors (Lipinski definition) is 1. The minimum atomic E-state index is -0.0503. The van der Waals surface area contributed by atoms with Crippen molar-refractivity contribution < 1.29 is 0 Å². The number of H-pyrrole nitrogens is 2. The first-order chi connectivity index (χ1) is 5.29. The Morgan fingerprint density at radius 2 is 2.09 bits per heavy atom. The van der Waals surface area contributed by atoms with Gasteiger partial charge >= 0.3 is 0 Å². The topological polar surface area (TPSA) is 48.6 Å². The van der Waals surface area contributed by atoms with Crippen molar-refractivity contribution >= 4 is 22.6 Å². The summed E-state index contributed by atoms with van der Waals surface area (Å²) in [6, 6.07) is 1.45. The average Bonchev–Trinajstić information content (AvgIpc) is 2.35. The van der Waals surface area contributed by atoms with Crippen LogP contribution >= 0.6 is 11.6 Å². The molecule has 4 heteroatoms. The number of nitrogens with one attached hydrogen (secondary N) is 2. The molecule has 56 valence electrons. The van der Waals surface area contributed by atoms with E-state index in [2.05, 4.69) is 9.97 Å². The molecular weight excluding hydrogens is 164 g/mol. The SMILES string of the molecule is O=c1cc[nH]c2c(Cl)c[nH]c12. The predicted molar refractivity (Wildman–Crippen MR) is 43.9 cm³/mol. The largest absolute Gasteiger partial charge is 0.358 e. The van der Waals surface area contributed by atoms with Gasteiger partial charge in [0.1, 0.15) is 5.52 Å². The maximum Gasteiger partial charge on any atom is 0.205 e. The van der Waals surface area contributed by atoms with E-state index >= 15 is 0 Å². The van der Waals surface area contributed by atoms with Gasteiger partial charge in [0, 0.05) is 18.5 Å². The summed E-state index contributed by atoms with van der Waals surface area (Å²) in [7, 11) is 0. The standard InChI is InChI=1S/C7H5ClN2O/c8-4-3-10-7-5(11)1-2-9-6(4)7/h1-3,10H,(H,9,11). The Morgan fingerprint density at radius 3 is 2.82 bits per heavy atom. The summed E-state index contributed by atoms with van der Waals surface area (Å²) >= 11 is 5.74. The second kappa shape index (κ2) is 2.13. The Kier molecular flexibility index (Phi) is 1.26. The van der Waals surface area contributed by atoms with E-state index in [0.29, 0.717) is 16.1 Å². The van der Waals surface area contributed by atoms with Crippen LogP contribution in [0.1, 0.15) is 0 Å². The fraction of sp³-hybridized carbons (Fsp3) is 0. The molecule has 0 fully saturated rings. The van der Waals surface area contributed by atoms with Crippen molar-refractivity contribution in [1.82, 2.24) is 9.97 Å². The second-order valence-electron chi connectivity index (χ2n) is 2.23. The number of aromatic amines is 2. The Hall–Kier alpha value is -1.22. The van der Waals surface area contributed by atoms with Gasteiger partial charge in [0.15, 0.2) is 0 Å². The molecule has 0 amide bonds. The molecule has 0 aliphatic heterocycles. The summed E-state index contributed by atoms with van der Waals surface area (Å²) in [6.45, 7) is 0. The number of aromatic nitrogens is 2. The zero-order valence-electron chi connectivity index (χ0n) is 5.52. The lowest BCUT2D eigenvalue weighted by Gasteiger charge is -1.86. The first-order valence-corrected chi connectivity index (χ1v) is 3.51. The highest BCUT2D eigenvalue weighted by Crippen LogP contribution is 2.16. The summed E-state index contributed by atoms with van der Waals surface area (Å²) in [6.07, 6.45) is 3.16. The molecule has 0 radical (unpaired) electrons. The Labute approximate surface area is 67.0 Å². The van der Waals surface area contributed by atoms with E-state index in [-0.39, 0.29) is 5.43 Å². The highest BCUT2D eigenvalue weighted by molar-refractivity contribution is 6.35. The Morgan fingerprint density at radius 1 is 1.27 bits per heavy atom. The van der Waals surface area contributed by atoms with Crippen LogP contribution in [0.3, 0.4) is 0 Å². The van der Waals surface area contributed by atoms with Crippen LogP contribution in [0, 0.1) is 0 Å². The third-order valence-electron chi connectivity index (χ3n) is 1.54. The van der Waals surface area contributed by atoms with Gasteiger partial charge in [-0.2, -0.15) is 0 Å². The molecule has 0 saturated carbocycles. The van der Waals surface area contributed by atoms with Crippen LogP contribution in [0.2, 0.25) is 5.02 Å². The first kappa shape index (κ1) is 6.49. The molecule has 0 saturated heterocycles. The maximum atomic E-state index is 11.1. The average molecular weight is 169 g/mol. The quantitative estimate of drug-likeness (QED) is 0.616. The molecule has 11 heavy (non-hydrogen) atoms. The maximum absolute atomic E-state index is 11.1. The van der Waals surface area contributed by atoms with Crippen molar-refractivity contribution in [2.75, 3.05) is 0 Å². The van der Waals surface area contributed by atoms with Gasteiger partial charge < -0.3 is 9.97 Å². The van der Waals surface area contributed by atoms with Crippen molar-refractivity contribution in [2.45, 2.75) is 0 Å². The highest BCUT2D eigenvalue weighted by Gasteiger charge is 2.02. The lowest BCUT2D eigenvalue weighted by atomic mass is 10.4. The monoisotopic (exact) mass is 168 g/mol. The van der Waals surface area contributed by atoms with Gasteiger partial charge in [0.2, 0.25) is 5.43 Å². The van der Waals surface area contributed by atoms with E-state index < -0.39 is 0 Å². The third-order valence-corrected chi connectivity index (χ3v) is 1.84. The van der Waals surface area contributed by atoms with E-state index in [1.54, 1.807) is 12.4 Å². The van der Waals surface area contributed by atoms with Crippen LogP contribution in [0.25, 0.3) is 11.0 Å². The molecule has 0 aliphatic rings. The lowest BCUT2D eigenvalue weighted by molar-refractivity contribution is 1.38. The normalized spacial score (nSPS) is 10.6. The minimum Gasteiger partial charge on any atom is -0.358 e. The number of rotatable bonds is 0. The smallest absolute Gasteiger partial charge is 0.205 e. The van der Waals surface area contributed by atoms with Gasteiger partial charge in [0.05, 0.1) is 10.5 Å². The van der Waals surface area contributed by atoms with Gasteiger partial charge in [0.25, 0.3) is 0 Å². The molecule has 0 atom stereocenters. The van der Waals surface area contributed by atoms with Crippen LogP contribution < -0.4 is 5.43 Å². The summed E-state index contributed by atoms with van der Waals surface area (Å²) in [5, 5.41) is 0.540. The van der Waals surface area contributed by atoms with Crippen LogP contribution in [0.5, 0.6) is 0 Å². The highest BCUT2D eigenvalue weighted by atomic mass is 35.5. The van der Waals surface area contributed by atoms with Gasteiger partial charge in [-0.1, -0.05) is 11.6 Å². The van der Waals surface area contributed by atoms with E-state index in [9.17, 15) is 4.79 Å². The summed E-state index contributed by atoms with van der Waals surface area (Å²) in [5.74, 6) is 0. The molecule has 2 aromatic rings. The van der Waals surface area contributed by atoms with Gasteiger partial charge in [-0.05, 0) is 0 Å². The molecule has 0 bridgehead atoms. The molecular formula is C7H5ClN2O. The van der Waals surface area contributed by atoms with Gasteiger partial charge in [-0.25, -0.2) is 0 Å². The summed E-state index contributed by atoms with van der Waals surface area (Å²) < 4.78 is 0. The molecule has 2 rings (SSSR count). The van der Waals surface area contributed by atoms with Crippen molar-refractivity contribution in [2.24, 2.45) is 0 Å². The number of hydrogen-bond donors (Lipinski definition) is 2. The predicted octanol–water partition coefficient (Wildman–Crippen LogP) is 1.51. The zero-order valence-corrected chi connectivity index (χ0v) is 6.27. The first-order valence-electron chi connectivity index (χ1n) is 3.13. The molecule has 2 heterocycles. The fourth-order valence-electron chi connectivity index (χ4n) is 1.02. The molecule has 2 N–H and O–H groups in total.